The lowest BCUT2D eigenvalue weighted by Crippen LogP contribution is -2.56. The summed E-state index contributed by atoms with van der Waals surface area (Å²) in [5, 5.41) is 12.4. The average Bonchev–Trinajstić information content (AvgIpc) is 3.29. The van der Waals surface area contributed by atoms with Crippen molar-refractivity contribution >= 4 is 23.2 Å². The molecule has 2 aromatic rings. The smallest absolute Gasteiger partial charge is 0.259 e. The van der Waals surface area contributed by atoms with E-state index in [0.29, 0.717) is 26.2 Å². The molecule has 2 aromatic carbocycles. The van der Waals surface area contributed by atoms with Gasteiger partial charge in [-0.15, -0.1) is 0 Å². The minimum absolute atomic E-state index is 0.0102. The Hall–Kier alpha value is -2.04. The SMILES string of the molecule is O=C(N1CCN(c2ccccc2Cl)CC1)[C@](O)(c1ccccc1)C1CCCC1. The molecular weight excluding hydrogens is 372 g/mol. The fraction of sp³-hybridized carbons (Fsp3) is 0.435. The first-order chi connectivity index (χ1) is 13.6. The number of nitrogens with zero attached hydrogens (tertiary/aromatic N) is 2. The maximum Gasteiger partial charge on any atom is 0.259 e. The number of piperazine rings is 1. The first-order valence-corrected chi connectivity index (χ1v) is 10.6. The molecule has 1 saturated heterocycles. The van der Waals surface area contributed by atoms with Gasteiger partial charge in [0.15, 0.2) is 5.60 Å². The van der Waals surface area contributed by atoms with Gasteiger partial charge in [-0.3, -0.25) is 4.79 Å². The second kappa shape index (κ2) is 8.14. The van der Waals surface area contributed by atoms with Crippen molar-refractivity contribution in [2.75, 3.05) is 31.1 Å². The van der Waals surface area contributed by atoms with E-state index >= 15 is 0 Å². The summed E-state index contributed by atoms with van der Waals surface area (Å²) in [5.41, 5.74) is 0.301. The molecule has 1 aliphatic heterocycles. The van der Waals surface area contributed by atoms with Crippen molar-refractivity contribution in [3.05, 3.63) is 65.2 Å². The van der Waals surface area contributed by atoms with Crippen molar-refractivity contribution in [3.8, 4) is 0 Å². The van der Waals surface area contributed by atoms with Gasteiger partial charge in [0.2, 0.25) is 0 Å². The average molecular weight is 399 g/mol. The van der Waals surface area contributed by atoms with Gasteiger partial charge in [-0.2, -0.15) is 0 Å². The number of benzene rings is 2. The summed E-state index contributed by atoms with van der Waals surface area (Å²) in [6, 6.07) is 17.3. The highest BCUT2D eigenvalue weighted by Gasteiger charge is 2.48. The van der Waals surface area contributed by atoms with Crippen LogP contribution in [0.1, 0.15) is 31.2 Å². The summed E-state index contributed by atoms with van der Waals surface area (Å²) in [6.45, 7) is 2.61. The van der Waals surface area contributed by atoms with E-state index in [1.807, 2.05) is 59.5 Å². The van der Waals surface area contributed by atoms with Crippen LogP contribution >= 0.6 is 11.6 Å². The number of hydrogen-bond donors (Lipinski definition) is 1. The molecule has 0 radical (unpaired) electrons. The lowest BCUT2D eigenvalue weighted by molar-refractivity contribution is -0.159. The maximum absolute atomic E-state index is 13.5. The van der Waals surface area contributed by atoms with Gasteiger partial charge in [0.25, 0.3) is 5.91 Å². The predicted molar refractivity (Wildman–Crippen MR) is 113 cm³/mol. The first kappa shape index (κ1) is 19.3. The first-order valence-electron chi connectivity index (χ1n) is 10.2. The van der Waals surface area contributed by atoms with Crippen LogP contribution in [0.15, 0.2) is 54.6 Å². The third-order valence-corrected chi connectivity index (χ3v) is 6.57. The van der Waals surface area contributed by atoms with E-state index in [0.717, 1.165) is 42.0 Å². The quantitative estimate of drug-likeness (QED) is 0.844. The molecule has 4 rings (SSSR count). The Morgan fingerprint density at radius 3 is 2.18 bits per heavy atom. The Labute approximate surface area is 171 Å². The lowest BCUT2D eigenvalue weighted by Gasteiger charge is -2.42. The normalized spacial score (nSPS) is 20.2. The monoisotopic (exact) mass is 398 g/mol. The number of para-hydroxylation sites is 1. The van der Waals surface area contributed by atoms with Crippen molar-refractivity contribution in [1.29, 1.82) is 0 Å². The number of carbonyl (C=O) groups is 1. The number of carbonyl (C=O) groups excluding carboxylic acids is 1. The molecule has 2 fully saturated rings. The van der Waals surface area contributed by atoms with E-state index in [-0.39, 0.29) is 11.8 Å². The van der Waals surface area contributed by atoms with E-state index in [9.17, 15) is 9.90 Å². The highest BCUT2D eigenvalue weighted by Crippen LogP contribution is 2.42. The fourth-order valence-corrected chi connectivity index (χ4v) is 4.92. The summed E-state index contributed by atoms with van der Waals surface area (Å²) in [6.07, 6.45) is 3.95. The number of halogens is 1. The molecule has 148 valence electrons. The largest absolute Gasteiger partial charge is 0.375 e. The molecule has 1 saturated carbocycles. The van der Waals surface area contributed by atoms with Crippen LogP contribution in [0.3, 0.4) is 0 Å². The summed E-state index contributed by atoms with van der Waals surface area (Å²) in [4.78, 5) is 17.6. The van der Waals surface area contributed by atoms with E-state index in [2.05, 4.69) is 4.90 Å². The van der Waals surface area contributed by atoms with Gasteiger partial charge in [-0.05, 0) is 30.5 Å². The molecule has 5 heteroatoms. The number of hydrogen-bond acceptors (Lipinski definition) is 3. The fourth-order valence-electron chi connectivity index (χ4n) is 4.67. The van der Waals surface area contributed by atoms with E-state index < -0.39 is 5.60 Å². The van der Waals surface area contributed by atoms with Crippen molar-refractivity contribution < 1.29 is 9.90 Å². The third kappa shape index (κ3) is 3.51. The minimum atomic E-state index is -1.43. The summed E-state index contributed by atoms with van der Waals surface area (Å²) in [7, 11) is 0. The van der Waals surface area contributed by atoms with Gasteiger partial charge in [-0.1, -0.05) is 66.9 Å². The molecule has 4 nitrogen and oxygen atoms in total. The van der Waals surface area contributed by atoms with Gasteiger partial charge < -0.3 is 14.9 Å². The van der Waals surface area contributed by atoms with E-state index in [1.54, 1.807) is 0 Å². The van der Waals surface area contributed by atoms with Gasteiger partial charge >= 0.3 is 0 Å². The maximum atomic E-state index is 13.5. The molecule has 0 unspecified atom stereocenters. The Morgan fingerprint density at radius 1 is 0.929 bits per heavy atom. The predicted octanol–water partition coefficient (Wildman–Crippen LogP) is 4.07. The van der Waals surface area contributed by atoms with Crippen molar-refractivity contribution in [1.82, 2.24) is 4.90 Å². The zero-order chi connectivity index (χ0) is 19.6. The Morgan fingerprint density at radius 2 is 1.54 bits per heavy atom. The molecule has 2 aliphatic rings. The molecule has 28 heavy (non-hydrogen) atoms. The molecule has 0 spiro atoms. The zero-order valence-corrected chi connectivity index (χ0v) is 16.8. The lowest BCUT2D eigenvalue weighted by atomic mass is 9.79. The number of anilines is 1. The molecule has 0 aromatic heterocycles. The van der Waals surface area contributed by atoms with E-state index in [4.69, 9.17) is 11.6 Å². The van der Waals surface area contributed by atoms with Gasteiger partial charge in [-0.25, -0.2) is 0 Å². The van der Waals surface area contributed by atoms with Crippen molar-refractivity contribution in [2.24, 2.45) is 5.92 Å². The molecule has 0 bridgehead atoms. The molecule has 1 amide bonds. The summed E-state index contributed by atoms with van der Waals surface area (Å²) >= 11 is 6.33. The number of aliphatic hydroxyl groups is 1. The van der Waals surface area contributed by atoms with Gasteiger partial charge in [0.1, 0.15) is 0 Å². The second-order valence-electron chi connectivity index (χ2n) is 7.84. The second-order valence-corrected chi connectivity index (χ2v) is 8.25. The van der Waals surface area contributed by atoms with Crippen LogP contribution in [0.2, 0.25) is 5.02 Å². The van der Waals surface area contributed by atoms with Gasteiger partial charge in [0.05, 0.1) is 10.7 Å². The standard InChI is InChI=1S/C23H27ClN2O2/c24-20-12-6-7-13-21(20)25-14-16-26(17-15-25)22(27)23(28,19-10-4-5-11-19)18-8-2-1-3-9-18/h1-3,6-9,12-13,19,28H,4-5,10-11,14-17H2/t23-/m0/s1. The van der Waals surface area contributed by atoms with Crippen LogP contribution in [0.5, 0.6) is 0 Å². The molecule has 1 aliphatic carbocycles. The molecule has 1 atom stereocenters. The number of rotatable bonds is 4. The van der Waals surface area contributed by atoms with Crippen molar-refractivity contribution in [2.45, 2.75) is 31.3 Å². The Kier molecular flexibility index (Phi) is 5.61. The zero-order valence-electron chi connectivity index (χ0n) is 16.1. The van der Waals surface area contributed by atoms with Crippen LogP contribution < -0.4 is 4.90 Å². The minimum Gasteiger partial charge on any atom is -0.375 e. The van der Waals surface area contributed by atoms with Crippen LogP contribution in [0.25, 0.3) is 0 Å². The molecular formula is C23H27ClN2O2. The Bertz CT molecular complexity index is 814. The van der Waals surface area contributed by atoms with Crippen LogP contribution in [0, 0.1) is 5.92 Å². The van der Waals surface area contributed by atoms with Crippen LogP contribution in [-0.4, -0.2) is 42.1 Å². The summed E-state index contributed by atoms with van der Waals surface area (Å²) in [5.74, 6) is -0.159. The van der Waals surface area contributed by atoms with E-state index in [1.165, 1.54) is 0 Å². The highest BCUT2D eigenvalue weighted by atomic mass is 35.5. The highest BCUT2D eigenvalue weighted by molar-refractivity contribution is 6.33. The van der Waals surface area contributed by atoms with Crippen LogP contribution in [-0.2, 0) is 10.4 Å². The van der Waals surface area contributed by atoms with Crippen molar-refractivity contribution in [3.63, 3.8) is 0 Å². The topological polar surface area (TPSA) is 43.8 Å². The summed E-state index contributed by atoms with van der Waals surface area (Å²) < 4.78 is 0. The van der Waals surface area contributed by atoms with Gasteiger partial charge in [0, 0.05) is 32.1 Å². The Balaban J connectivity index is 1.53. The molecule has 1 N–H and O–H groups in total. The van der Waals surface area contributed by atoms with Crippen LogP contribution in [0.4, 0.5) is 5.69 Å². The number of amides is 1. The third-order valence-electron chi connectivity index (χ3n) is 6.25. The molecule has 1 heterocycles.